The number of hydrogen-bond donors (Lipinski definition) is 1. The molecule has 0 atom stereocenters. The molecule has 6 heteroatoms. The fraction of sp³-hybridized carbons (Fsp3) is 0.304. The number of benzene rings is 1. The van der Waals surface area contributed by atoms with Crippen LogP contribution >= 0.6 is 0 Å². The monoisotopic (exact) mass is 392 g/mol. The van der Waals surface area contributed by atoms with Crippen molar-refractivity contribution in [2.45, 2.75) is 39.0 Å². The number of nitrogens with zero attached hydrogens (tertiary/aromatic N) is 3. The van der Waals surface area contributed by atoms with Crippen molar-refractivity contribution >= 4 is 5.91 Å². The predicted molar refractivity (Wildman–Crippen MR) is 111 cm³/mol. The fourth-order valence-corrected chi connectivity index (χ4v) is 3.81. The van der Waals surface area contributed by atoms with Gasteiger partial charge in [-0.05, 0) is 75.4 Å². The molecular formula is C23H25FN4O. The summed E-state index contributed by atoms with van der Waals surface area (Å²) in [6.07, 6.45) is 11.7. The molecule has 29 heavy (non-hydrogen) atoms. The highest BCUT2D eigenvalue weighted by atomic mass is 19.1. The lowest BCUT2D eigenvalue weighted by Gasteiger charge is -2.14. The van der Waals surface area contributed by atoms with E-state index in [9.17, 15) is 9.18 Å². The Labute approximate surface area is 169 Å². The van der Waals surface area contributed by atoms with E-state index in [0.717, 1.165) is 19.3 Å². The van der Waals surface area contributed by atoms with Crippen LogP contribution in [0.5, 0.6) is 0 Å². The maximum Gasteiger partial charge on any atom is 0.257 e. The number of aromatic nitrogens is 3. The molecule has 150 valence electrons. The van der Waals surface area contributed by atoms with Gasteiger partial charge < -0.3 is 9.88 Å². The van der Waals surface area contributed by atoms with E-state index in [1.54, 1.807) is 16.8 Å². The molecule has 1 aliphatic rings. The van der Waals surface area contributed by atoms with Crippen molar-refractivity contribution in [3.8, 4) is 11.5 Å². The number of halogens is 1. The normalized spacial score (nSPS) is 13.9. The van der Waals surface area contributed by atoms with Crippen molar-refractivity contribution in [1.29, 1.82) is 0 Å². The minimum absolute atomic E-state index is 0.143. The number of amides is 1. The zero-order chi connectivity index (χ0) is 20.2. The summed E-state index contributed by atoms with van der Waals surface area (Å²) < 4.78 is 16.9. The molecule has 0 spiro atoms. The summed E-state index contributed by atoms with van der Waals surface area (Å²) in [5.41, 5.74) is 3.29. The van der Waals surface area contributed by atoms with Crippen LogP contribution in [0.4, 0.5) is 4.39 Å². The van der Waals surface area contributed by atoms with Crippen LogP contribution in [0.1, 0.15) is 48.2 Å². The second-order valence-electron chi connectivity index (χ2n) is 7.38. The standard InChI is InChI=1S/C23H25FN4O/c1-17-21(22(29)25-14-13-18-7-3-2-4-8-18)23(27-15-5-6-16-27)28(26-17)20-11-9-19(24)10-12-20/h5-7,9-12,15-16H,2-4,8,13-14H2,1H3,(H,25,29). The summed E-state index contributed by atoms with van der Waals surface area (Å²) in [4.78, 5) is 13.1. The van der Waals surface area contributed by atoms with Gasteiger partial charge in [-0.15, -0.1) is 0 Å². The molecule has 1 aliphatic carbocycles. The van der Waals surface area contributed by atoms with Gasteiger partial charge in [-0.25, -0.2) is 9.07 Å². The third-order valence-corrected chi connectivity index (χ3v) is 5.30. The average Bonchev–Trinajstić information content (AvgIpc) is 3.37. The predicted octanol–water partition coefficient (Wildman–Crippen LogP) is 4.73. The first kappa shape index (κ1) is 19.2. The number of rotatable bonds is 6. The van der Waals surface area contributed by atoms with Gasteiger partial charge in [-0.1, -0.05) is 11.6 Å². The first-order valence-electron chi connectivity index (χ1n) is 10.1. The zero-order valence-electron chi connectivity index (χ0n) is 16.6. The Hall–Kier alpha value is -3.15. The van der Waals surface area contributed by atoms with Crippen LogP contribution in [0.3, 0.4) is 0 Å². The van der Waals surface area contributed by atoms with E-state index in [1.165, 1.54) is 30.5 Å². The summed E-state index contributed by atoms with van der Waals surface area (Å²) in [6, 6.07) is 9.90. The van der Waals surface area contributed by atoms with Gasteiger partial charge in [0.25, 0.3) is 5.91 Å². The lowest BCUT2D eigenvalue weighted by Crippen LogP contribution is -2.26. The second-order valence-corrected chi connectivity index (χ2v) is 7.38. The SMILES string of the molecule is Cc1nn(-c2ccc(F)cc2)c(-n2cccc2)c1C(=O)NCCC1=CCCCC1. The summed E-state index contributed by atoms with van der Waals surface area (Å²) in [5.74, 6) is 0.194. The number of carbonyl (C=O) groups excluding carboxylic acids is 1. The van der Waals surface area contributed by atoms with Gasteiger partial charge in [-0.2, -0.15) is 5.10 Å². The van der Waals surface area contributed by atoms with Gasteiger partial charge in [-0.3, -0.25) is 4.79 Å². The van der Waals surface area contributed by atoms with E-state index in [2.05, 4.69) is 16.5 Å². The number of allylic oxidation sites excluding steroid dienone is 1. The minimum Gasteiger partial charge on any atom is -0.352 e. The summed E-state index contributed by atoms with van der Waals surface area (Å²) in [6.45, 7) is 2.43. The molecule has 3 aromatic rings. The largest absolute Gasteiger partial charge is 0.352 e. The van der Waals surface area contributed by atoms with Gasteiger partial charge in [0.15, 0.2) is 5.82 Å². The number of hydrogen-bond acceptors (Lipinski definition) is 2. The maximum absolute atomic E-state index is 13.4. The molecule has 0 fully saturated rings. The quantitative estimate of drug-likeness (QED) is 0.617. The van der Waals surface area contributed by atoms with Crippen molar-refractivity contribution in [1.82, 2.24) is 19.7 Å². The Morgan fingerprint density at radius 1 is 1.17 bits per heavy atom. The third-order valence-electron chi connectivity index (χ3n) is 5.30. The molecule has 0 bridgehead atoms. The highest BCUT2D eigenvalue weighted by Gasteiger charge is 2.23. The average molecular weight is 392 g/mol. The first-order chi connectivity index (χ1) is 14.1. The fourth-order valence-electron chi connectivity index (χ4n) is 3.81. The van der Waals surface area contributed by atoms with Crippen molar-refractivity contribution in [3.63, 3.8) is 0 Å². The first-order valence-corrected chi connectivity index (χ1v) is 10.1. The molecule has 0 saturated carbocycles. The molecule has 2 aromatic heterocycles. The highest BCUT2D eigenvalue weighted by Crippen LogP contribution is 2.24. The molecule has 0 aliphatic heterocycles. The van der Waals surface area contributed by atoms with E-state index >= 15 is 0 Å². The number of carbonyl (C=O) groups is 1. The lowest BCUT2D eigenvalue weighted by atomic mass is 9.97. The zero-order valence-corrected chi connectivity index (χ0v) is 16.6. The van der Waals surface area contributed by atoms with Gasteiger partial charge in [0, 0.05) is 18.9 Å². The van der Waals surface area contributed by atoms with Crippen LogP contribution in [-0.2, 0) is 0 Å². The van der Waals surface area contributed by atoms with E-state index in [0.29, 0.717) is 29.3 Å². The van der Waals surface area contributed by atoms with E-state index in [1.807, 2.05) is 36.0 Å². The minimum atomic E-state index is -0.310. The third kappa shape index (κ3) is 4.16. The Kier molecular flexibility index (Phi) is 5.60. The van der Waals surface area contributed by atoms with Crippen molar-refractivity contribution in [2.24, 2.45) is 0 Å². The lowest BCUT2D eigenvalue weighted by molar-refractivity contribution is 0.0953. The molecule has 0 radical (unpaired) electrons. The van der Waals surface area contributed by atoms with Gasteiger partial charge >= 0.3 is 0 Å². The topological polar surface area (TPSA) is 51.9 Å². The Bertz CT molecular complexity index is 1020. The summed E-state index contributed by atoms with van der Waals surface area (Å²) in [5, 5.41) is 7.64. The molecule has 5 nitrogen and oxygen atoms in total. The molecule has 2 heterocycles. The van der Waals surface area contributed by atoms with E-state index < -0.39 is 0 Å². The van der Waals surface area contributed by atoms with E-state index in [4.69, 9.17) is 0 Å². The molecule has 1 amide bonds. The maximum atomic E-state index is 13.4. The summed E-state index contributed by atoms with van der Waals surface area (Å²) >= 11 is 0. The van der Waals surface area contributed by atoms with Gasteiger partial charge in [0.1, 0.15) is 11.4 Å². The van der Waals surface area contributed by atoms with Gasteiger partial charge in [0.05, 0.1) is 11.4 Å². The number of aryl methyl sites for hydroxylation is 1. The molecule has 1 aromatic carbocycles. The molecule has 0 saturated heterocycles. The molecular weight excluding hydrogens is 367 g/mol. The van der Waals surface area contributed by atoms with Crippen LogP contribution in [0, 0.1) is 12.7 Å². The molecule has 0 unspecified atom stereocenters. The van der Waals surface area contributed by atoms with Crippen LogP contribution in [-0.4, -0.2) is 26.8 Å². The second kappa shape index (κ2) is 8.47. The Balaban J connectivity index is 1.63. The van der Waals surface area contributed by atoms with Crippen LogP contribution in [0.15, 0.2) is 60.4 Å². The Morgan fingerprint density at radius 3 is 2.62 bits per heavy atom. The van der Waals surface area contributed by atoms with Crippen molar-refractivity contribution in [3.05, 3.63) is 77.5 Å². The van der Waals surface area contributed by atoms with Crippen LogP contribution in [0.2, 0.25) is 0 Å². The van der Waals surface area contributed by atoms with Crippen molar-refractivity contribution < 1.29 is 9.18 Å². The van der Waals surface area contributed by atoms with Crippen molar-refractivity contribution in [2.75, 3.05) is 6.54 Å². The molecule has 1 N–H and O–H groups in total. The molecule has 4 rings (SSSR count). The van der Waals surface area contributed by atoms with Crippen LogP contribution < -0.4 is 5.32 Å². The highest BCUT2D eigenvalue weighted by molar-refractivity contribution is 5.98. The number of nitrogens with one attached hydrogen (secondary N) is 1. The summed E-state index contributed by atoms with van der Waals surface area (Å²) in [7, 11) is 0. The van der Waals surface area contributed by atoms with Crippen LogP contribution in [0.25, 0.3) is 11.5 Å². The smallest absolute Gasteiger partial charge is 0.257 e. The Morgan fingerprint density at radius 2 is 1.93 bits per heavy atom. The van der Waals surface area contributed by atoms with E-state index in [-0.39, 0.29) is 11.7 Å². The van der Waals surface area contributed by atoms with Gasteiger partial charge in [0.2, 0.25) is 0 Å².